The largest absolute Gasteiger partial charge is 0.311 e. The summed E-state index contributed by atoms with van der Waals surface area (Å²) < 4.78 is 163. The summed E-state index contributed by atoms with van der Waals surface area (Å²) in [5, 5.41) is 10.9. The minimum atomic E-state index is -0.793. The molecule has 0 saturated heterocycles. The van der Waals surface area contributed by atoms with Crippen molar-refractivity contribution in [2.75, 3.05) is 4.90 Å². The molecule has 16 aromatic carbocycles. The molecule has 6 nitrogen and oxygen atoms in total. The first kappa shape index (κ1) is 48.6. The average Bonchev–Trinajstić information content (AvgIpc) is 1.53. The van der Waals surface area contributed by atoms with Gasteiger partial charge < -0.3 is 27.6 Å². The molecular formula is C104H73BN6. The molecule has 6 aromatic heterocycles. The predicted octanol–water partition coefficient (Wildman–Crippen LogP) is 25.5. The maximum atomic E-state index is 10.1. The zero-order chi connectivity index (χ0) is 87.5. The van der Waals surface area contributed by atoms with Crippen molar-refractivity contribution in [3.63, 3.8) is 0 Å². The van der Waals surface area contributed by atoms with Crippen LogP contribution in [0.25, 0.3) is 181 Å². The van der Waals surface area contributed by atoms with Gasteiger partial charge in [0.2, 0.25) is 0 Å². The Morgan fingerprint density at radius 2 is 0.721 bits per heavy atom. The first-order chi connectivity index (χ1) is 61.0. The van der Waals surface area contributed by atoms with Gasteiger partial charge in [0.15, 0.2) is 0 Å². The van der Waals surface area contributed by atoms with E-state index in [9.17, 15) is 19.2 Å². The monoisotopic (exact) mass is 1430 g/mol. The van der Waals surface area contributed by atoms with E-state index < -0.39 is 103 Å². The topological polar surface area (TPSA) is 27.4 Å². The molecule has 24 rings (SSSR count). The van der Waals surface area contributed by atoms with Gasteiger partial charge in [-0.15, -0.1) is 0 Å². The number of benzene rings is 16. The molecule has 111 heavy (non-hydrogen) atoms. The maximum absolute atomic E-state index is 10.1. The van der Waals surface area contributed by atoms with Crippen molar-refractivity contribution in [2.45, 2.75) is 52.4 Å². The average molecular weight is 1430 g/mol. The molecule has 0 N–H and O–H groups in total. The summed E-state index contributed by atoms with van der Waals surface area (Å²) in [5.41, 5.74) is 16.8. The number of nitrogens with zero attached hydrogens (tertiary/aromatic N) is 6. The summed E-state index contributed by atoms with van der Waals surface area (Å²) in [6, 6.07) is 75.4. The quantitative estimate of drug-likeness (QED) is 0.158. The van der Waals surface area contributed by atoms with Gasteiger partial charge in [-0.1, -0.05) is 260 Å². The van der Waals surface area contributed by atoms with Crippen molar-refractivity contribution in [3.05, 3.63) is 344 Å². The number of anilines is 3. The molecule has 8 heterocycles. The molecule has 2 aliphatic rings. The third kappa shape index (κ3) is 8.63. The minimum Gasteiger partial charge on any atom is -0.311 e. The van der Waals surface area contributed by atoms with E-state index in [1.807, 2.05) is 48.5 Å². The normalized spacial score (nSPS) is 15.1. The van der Waals surface area contributed by atoms with Crippen LogP contribution in [0.3, 0.4) is 0 Å². The second-order valence-electron chi connectivity index (χ2n) is 32.0. The van der Waals surface area contributed by atoms with Gasteiger partial charge in [0.05, 0.1) is 82.8 Å². The third-order valence-electron chi connectivity index (χ3n) is 24.0. The number of fused-ring (bicyclic) bond motifs is 27. The molecule has 0 saturated carbocycles. The lowest BCUT2D eigenvalue weighted by molar-refractivity contribution is 0.590. The Labute approximate surface area is 663 Å². The van der Waals surface area contributed by atoms with E-state index in [-0.39, 0.29) is 65.8 Å². The van der Waals surface area contributed by atoms with Gasteiger partial charge in [0.25, 0.3) is 6.71 Å². The van der Waals surface area contributed by atoms with E-state index in [1.54, 1.807) is 4.57 Å². The summed E-state index contributed by atoms with van der Waals surface area (Å²) >= 11 is 0. The molecule has 0 bridgehead atoms. The zero-order valence-electron chi connectivity index (χ0n) is 77.3. The molecule has 0 amide bonds. The molecule has 2 aliphatic heterocycles. The van der Waals surface area contributed by atoms with E-state index in [2.05, 4.69) is 248 Å². The predicted molar refractivity (Wildman–Crippen MR) is 473 cm³/mol. The smallest absolute Gasteiger partial charge is 0.252 e. The van der Waals surface area contributed by atoms with E-state index in [0.29, 0.717) is 27.3 Å². The van der Waals surface area contributed by atoms with Gasteiger partial charge in [0.1, 0.15) is 0 Å². The van der Waals surface area contributed by atoms with Crippen molar-refractivity contribution in [2.24, 2.45) is 0 Å². The standard InChI is InChI=1S/C104H73BN6/c1-103(2,3)64-45-52-92-81(55-64)82-56-65(104(4,5)6)46-53-93(82)107(92)68-49-51-85-95(60-68)109(66-47-43-63(44-48-66)62-25-8-7-9-26-62)102-98-80-37-24-36-79-73-30-13-11-28-71(73)70-27-10-12-29-72(70)74-31-14-23-42-91(74)110(100(79)80)96(98)61-97-99(102)105(85)86-59-69(108-89-40-21-17-34-77(89)78-35-18-22-41-90(78)108)58-84-83-57-67(50-54-94(83)111(97)101(84)86)106-87-38-19-15-32-75(87)76-33-16-20-39-88(76)106/h7-61H,1-6H3/i15D,16D,17D,18D,19D,20D,21D,22D,32D,33D,34D,35D,38D,39D,40D,41D. The van der Waals surface area contributed by atoms with Gasteiger partial charge in [-0.05, 0) is 186 Å². The summed E-state index contributed by atoms with van der Waals surface area (Å²) in [7, 11) is 0. The van der Waals surface area contributed by atoms with Crippen LogP contribution < -0.4 is 21.3 Å². The van der Waals surface area contributed by atoms with Crippen LogP contribution in [-0.4, -0.2) is 29.4 Å². The number of hydrogen-bond acceptors (Lipinski definition) is 1. The molecule has 0 fully saturated rings. The van der Waals surface area contributed by atoms with E-state index in [4.69, 9.17) is 2.74 Å². The highest BCUT2D eigenvalue weighted by atomic mass is 15.2. The van der Waals surface area contributed by atoms with E-state index >= 15 is 0 Å². The summed E-state index contributed by atoms with van der Waals surface area (Å²) in [6.07, 6.45) is 0. The lowest BCUT2D eigenvalue weighted by atomic mass is 9.33. The first-order valence-corrected chi connectivity index (χ1v) is 37.8. The Kier molecular flexibility index (Phi) is 9.86. The summed E-state index contributed by atoms with van der Waals surface area (Å²) in [5.74, 6) is 0. The molecule has 0 spiro atoms. The second-order valence-corrected chi connectivity index (χ2v) is 32.0. The van der Waals surface area contributed by atoms with Gasteiger partial charge in [-0.2, -0.15) is 0 Å². The van der Waals surface area contributed by atoms with Crippen molar-refractivity contribution in [1.82, 2.24) is 22.7 Å². The van der Waals surface area contributed by atoms with Crippen LogP contribution in [-0.2, 0) is 10.8 Å². The summed E-state index contributed by atoms with van der Waals surface area (Å²) in [4.78, 5) is 2.45. The molecule has 0 aliphatic carbocycles. The lowest BCUT2D eigenvalue weighted by Gasteiger charge is -2.41. The van der Waals surface area contributed by atoms with Gasteiger partial charge >= 0.3 is 0 Å². The number of para-hydroxylation sites is 6. The second kappa shape index (κ2) is 22.5. The number of rotatable bonds is 5. The van der Waals surface area contributed by atoms with Crippen molar-refractivity contribution < 1.29 is 21.9 Å². The van der Waals surface area contributed by atoms with Crippen molar-refractivity contribution >= 4 is 187 Å². The van der Waals surface area contributed by atoms with E-state index in [1.165, 1.54) is 15.7 Å². The summed E-state index contributed by atoms with van der Waals surface area (Å²) in [6.45, 7) is 12.7. The van der Waals surface area contributed by atoms with Crippen LogP contribution in [0.15, 0.2) is 333 Å². The fourth-order valence-electron chi connectivity index (χ4n) is 19.1. The Balaban J connectivity index is 0.937. The molecule has 0 unspecified atom stereocenters. The third-order valence-corrected chi connectivity index (χ3v) is 24.0. The van der Waals surface area contributed by atoms with Crippen molar-refractivity contribution in [1.29, 1.82) is 0 Å². The van der Waals surface area contributed by atoms with Crippen LogP contribution in [0.4, 0.5) is 17.1 Å². The highest BCUT2D eigenvalue weighted by Crippen LogP contribution is 2.52. The fourth-order valence-corrected chi connectivity index (χ4v) is 19.1. The SMILES string of the molecule is [2H]c1c([2H])c([2H])c2c(c1[2H])c1c([2H])c([2H])c([2H])c([2H])c1n2-c1ccc2c(c1)c1cc(-n3c4c([2H])c([2H])c([2H])c([2H])c4c4c([2H])c([2H])c([2H])c([2H])c43)cc3c1n2-c1cc2c(c4c1B3c1ccc(-n3c5ccc(C(C)(C)C)cc5c5cc(C(C)(C)C)ccc53)cc1N4c1ccc(-c3ccccc3)cc1)c1cccc3c4ccccc4c4ccccc4c4ccccc4n2c31. The number of aromatic nitrogens is 5. The molecule has 522 valence electrons. The van der Waals surface area contributed by atoms with Crippen LogP contribution in [0.1, 0.15) is 74.6 Å². The molecule has 7 heteroatoms. The maximum Gasteiger partial charge on any atom is 0.252 e. The first-order valence-electron chi connectivity index (χ1n) is 45.8. The van der Waals surface area contributed by atoms with Gasteiger partial charge in [-0.25, -0.2) is 0 Å². The van der Waals surface area contributed by atoms with Gasteiger partial charge in [-0.3, -0.25) is 0 Å². The van der Waals surface area contributed by atoms with Crippen LogP contribution in [0, 0.1) is 0 Å². The van der Waals surface area contributed by atoms with E-state index in [0.717, 1.165) is 132 Å². The minimum absolute atomic E-state index is 0.0848. The Hall–Kier alpha value is -13.6. The Morgan fingerprint density at radius 1 is 0.270 bits per heavy atom. The fraction of sp³-hybridized carbons (Fsp3) is 0.0769. The highest BCUT2D eigenvalue weighted by molar-refractivity contribution is 7.00. The Bertz CT molecular complexity index is 8730. The molecule has 22 aromatic rings. The van der Waals surface area contributed by atoms with Crippen molar-refractivity contribution in [3.8, 4) is 33.9 Å². The highest BCUT2D eigenvalue weighted by Gasteiger charge is 2.45. The number of hydrogen-bond donors (Lipinski definition) is 0. The zero-order valence-corrected chi connectivity index (χ0v) is 61.3. The van der Waals surface area contributed by atoms with Crippen LogP contribution in [0.5, 0.6) is 0 Å². The Morgan fingerprint density at radius 3 is 1.32 bits per heavy atom. The lowest BCUT2D eigenvalue weighted by Crippen LogP contribution is -2.60. The van der Waals surface area contributed by atoms with Crippen LogP contribution in [0.2, 0.25) is 0 Å². The molecule has 0 radical (unpaired) electrons. The van der Waals surface area contributed by atoms with Crippen LogP contribution >= 0.6 is 0 Å². The molecular weight excluding hydrogens is 1340 g/mol. The molecule has 0 atom stereocenters. The van der Waals surface area contributed by atoms with Gasteiger partial charge in [0, 0.05) is 104 Å².